The molecule has 0 aromatic heterocycles. The number of hydrogen-bond acceptors (Lipinski definition) is 2. The molecular weight excluding hydrogens is 274 g/mol. The van der Waals surface area contributed by atoms with E-state index in [1.165, 1.54) is 23.3 Å². The maximum atomic E-state index is 3.88. The third-order valence-electron chi connectivity index (χ3n) is 4.38. The molecule has 0 bridgehead atoms. The van der Waals surface area contributed by atoms with E-state index >= 15 is 0 Å². The van der Waals surface area contributed by atoms with Gasteiger partial charge in [-0.3, -0.25) is 5.32 Å². The normalized spacial score (nSPS) is 25.4. The van der Waals surface area contributed by atoms with Gasteiger partial charge in [0.25, 0.3) is 0 Å². The maximum absolute atomic E-state index is 3.88. The van der Waals surface area contributed by atoms with E-state index in [4.69, 9.17) is 0 Å². The van der Waals surface area contributed by atoms with Crippen molar-refractivity contribution in [3.8, 4) is 0 Å². The average Bonchev–Trinajstić information content (AvgIpc) is 2.92. The van der Waals surface area contributed by atoms with E-state index in [1.807, 2.05) is 0 Å². The van der Waals surface area contributed by atoms with Crippen LogP contribution in [0.25, 0.3) is 0 Å². The second-order valence-corrected chi connectivity index (χ2v) is 7.39. The summed E-state index contributed by atoms with van der Waals surface area (Å²) in [6.07, 6.45) is 1.19. The largest absolute Gasteiger partial charge is 0.299 e. The molecule has 1 N–H and O–H groups in total. The molecule has 21 heavy (non-hydrogen) atoms. The van der Waals surface area contributed by atoms with E-state index in [-0.39, 0.29) is 4.87 Å². The van der Waals surface area contributed by atoms with Crippen LogP contribution in [0.15, 0.2) is 60.7 Å². The highest BCUT2D eigenvalue weighted by Gasteiger charge is 2.42. The van der Waals surface area contributed by atoms with E-state index in [0.29, 0.717) is 12.0 Å². The number of benzene rings is 2. The summed E-state index contributed by atoms with van der Waals surface area (Å²) >= 11 is 2.06. The van der Waals surface area contributed by atoms with E-state index < -0.39 is 0 Å². The Morgan fingerprint density at radius 1 is 1.05 bits per heavy atom. The summed E-state index contributed by atoms with van der Waals surface area (Å²) in [7, 11) is 0. The first kappa shape index (κ1) is 14.7. The molecular formula is C19H23NS. The van der Waals surface area contributed by atoms with Crippen LogP contribution in [-0.4, -0.2) is 16.7 Å². The molecule has 1 aliphatic heterocycles. The van der Waals surface area contributed by atoms with E-state index in [2.05, 4.69) is 91.6 Å². The molecule has 1 aliphatic rings. The topological polar surface area (TPSA) is 12.0 Å². The molecule has 2 aromatic rings. The van der Waals surface area contributed by atoms with Crippen molar-refractivity contribution in [1.29, 1.82) is 0 Å². The molecule has 2 unspecified atom stereocenters. The molecule has 0 radical (unpaired) electrons. The Kier molecular flexibility index (Phi) is 4.37. The van der Waals surface area contributed by atoms with Gasteiger partial charge in [-0.25, -0.2) is 0 Å². The molecule has 0 amide bonds. The molecule has 1 heterocycles. The van der Waals surface area contributed by atoms with Gasteiger partial charge in [0.2, 0.25) is 0 Å². The van der Waals surface area contributed by atoms with Gasteiger partial charge in [0.15, 0.2) is 0 Å². The lowest BCUT2D eigenvalue weighted by atomic mass is 9.85. The monoisotopic (exact) mass is 297 g/mol. The standard InChI is InChI=1S/C19H23NS/c1-3-17-14-21-19(2,20-17)18(15-10-6-4-7-11-15)16-12-8-5-9-13-16/h4-13,17-18,20H,3,14H2,1-2H3. The summed E-state index contributed by atoms with van der Waals surface area (Å²) in [6, 6.07) is 22.4. The molecule has 0 saturated carbocycles. The van der Waals surface area contributed by atoms with E-state index in [1.54, 1.807) is 0 Å². The third kappa shape index (κ3) is 3.02. The fraction of sp³-hybridized carbons (Fsp3) is 0.368. The summed E-state index contributed by atoms with van der Waals surface area (Å²) in [5.41, 5.74) is 2.78. The van der Waals surface area contributed by atoms with Crippen molar-refractivity contribution in [3.05, 3.63) is 71.8 Å². The molecule has 2 heteroatoms. The zero-order chi connectivity index (χ0) is 14.7. The lowest BCUT2D eigenvalue weighted by molar-refractivity contribution is 0.422. The molecule has 3 rings (SSSR count). The van der Waals surface area contributed by atoms with Crippen molar-refractivity contribution in [2.75, 3.05) is 5.75 Å². The first-order valence-electron chi connectivity index (χ1n) is 7.74. The van der Waals surface area contributed by atoms with Gasteiger partial charge in [-0.2, -0.15) is 0 Å². The summed E-state index contributed by atoms with van der Waals surface area (Å²) in [5.74, 6) is 1.57. The Morgan fingerprint density at radius 3 is 2.00 bits per heavy atom. The highest BCUT2D eigenvalue weighted by atomic mass is 32.2. The highest BCUT2D eigenvalue weighted by molar-refractivity contribution is 8.00. The zero-order valence-corrected chi connectivity index (χ0v) is 13.6. The minimum atomic E-state index is 0.0589. The van der Waals surface area contributed by atoms with Gasteiger partial charge in [0.1, 0.15) is 0 Å². The molecule has 1 saturated heterocycles. The summed E-state index contributed by atoms with van der Waals surface area (Å²) in [4.78, 5) is 0.0589. The van der Waals surface area contributed by atoms with Gasteiger partial charge in [-0.15, -0.1) is 11.8 Å². The minimum absolute atomic E-state index is 0.0589. The fourth-order valence-corrected chi connectivity index (χ4v) is 4.82. The van der Waals surface area contributed by atoms with Crippen molar-refractivity contribution in [2.24, 2.45) is 0 Å². The first-order valence-corrected chi connectivity index (χ1v) is 8.73. The molecule has 0 spiro atoms. The zero-order valence-electron chi connectivity index (χ0n) is 12.8. The fourth-order valence-electron chi connectivity index (χ4n) is 3.27. The Bertz CT molecular complexity index is 529. The number of rotatable bonds is 4. The Hall–Kier alpha value is -1.25. The predicted octanol–water partition coefficient (Wildman–Crippen LogP) is 4.65. The number of hydrogen-bond donors (Lipinski definition) is 1. The van der Waals surface area contributed by atoms with Crippen molar-refractivity contribution < 1.29 is 0 Å². The second-order valence-electron chi connectivity index (χ2n) is 5.92. The van der Waals surface area contributed by atoms with Crippen LogP contribution >= 0.6 is 11.8 Å². The van der Waals surface area contributed by atoms with Crippen LogP contribution in [0.3, 0.4) is 0 Å². The lowest BCUT2D eigenvalue weighted by Gasteiger charge is -2.35. The van der Waals surface area contributed by atoms with Crippen LogP contribution in [0.4, 0.5) is 0 Å². The maximum Gasteiger partial charge on any atom is 0.0729 e. The Balaban J connectivity index is 2.01. The van der Waals surface area contributed by atoms with Crippen molar-refractivity contribution in [3.63, 3.8) is 0 Å². The summed E-state index contributed by atoms with van der Waals surface area (Å²) in [6.45, 7) is 4.63. The van der Waals surface area contributed by atoms with Gasteiger partial charge >= 0.3 is 0 Å². The van der Waals surface area contributed by atoms with Gasteiger partial charge in [-0.1, -0.05) is 67.6 Å². The molecule has 0 aliphatic carbocycles. The molecule has 1 fully saturated rings. The minimum Gasteiger partial charge on any atom is -0.299 e. The van der Waals surface area contributed by atoms with E-state index in [9.17, 15) is 0 Å². The first-order chi connectivity index (χ1) is 10.2. The summed E-state index contributed by atoms with van der Waals surface area (Å²) < 4.78 is 0. The van der Waals surface area contributed by atoms with Crippen LogP contribution in [-0.2, 0) is 0 Å². The third-order valence-corrected chi connectivity index (χ3v) is 5.91. The van der Waals surface area contributed by atoms with Crippen LogP contribution in [0, 0.1) is 0 Å². The van der Waals surface area contributed by atoms with Crippen molar-refractivity contribution in [1.82, 2.24) is 5.32 Å². The van der Waals surface area contributed by atoms with Crippen LogP contribution in [0.2, 0.25) is 0 Å². The van der Waals surface area contributed by atoms with Crippen LogP contribution in [0.5, 0.6) is 0 Å². The van der Waals surface area contributed by atoms with Gasteiger partial charge in [0, 0.05) is 17.7 Å². The number of thioether (sulfide) groups is 1. The molecule has 2 aromatic carbocycles. The molecule has 110 valence electrons. The molecule has 2 atom stereocenters. The molecule has 1 nitrogen and oxygen atoms in total. The second kappa shape index (κ2) is 6.25. The van der Waals surface area contributed by atoms with Crippen LogP contribution in [0.1, 0.15) is 37.3 Å². The van der Waals surface area contributed by atoms with Gasteiger partial charge in [-0.05, 0) is 24.5 Å². The lowest BCUT2D eigenvalue weighted by Crippen LogP contribution is -2.44. The van der Waals surface area contributed by atoms with E-state index in [0.717, 1.165) is 0 Å². The highest BCUT2D eigenvalue weighted by Crippen LogP contribution is 2.45. The summed E-state index contributed by atoms with van der Waals surface area (Å²) in [5, 5.41) is 3.88. The van der Waals surface area contributed by atoms with Crippen LogP contribution < -0.4 is 5.32 Å². The van der Waals surface area contributed by atoms with Crippen molar-refractivity contribution >= 4 is 11.8 Å². The van der Waals surface area contributed by atoms with Gasteiger partial charge < -0.3 is 0 Å². The smallest absolute Gasteiger partial charge is 0.0729 e. The Morgan fingerprint density at radius 2 is 1.57 bits per heavy atom. The van der Waals surface area contributed by atoms with Gasteiger partial charge in [0.05, 0.1) is 4.87 Å². The Labute approximate surface area is 132 Å². The predicted molar refractivity (Wildman–Crippen MR) is 92.8 cm³/mol. The van der Waals surface area contributed by atoms with Crippen molar-refractivity contribution in [2.45, 2.75) is 37.1 Å². The average molecular weight is 297 g/mol. The SMILES string of the molecule is CCC1CSC(C)(C(c2ccccc2)c2ccccc2)N1. The number of nitrogens with one attached hydrogen (secondary N) is 1. The quantitative estimate of drug-likeness (QED) is 0.881.